The van der Waals surface area contributed by atoms with Gasteiger partial charge in [-0.1, -0.05) is 59.9 Å². The van der Waals surface area contributed by atoms with Crippen molar-refractivity contribution in [3.63, 3.8) is 0 Å². The van der Waals surface area contributed by atoms with Gasteiger partial charge in [-0.3, -0.25) is 13.9 Å². The summed E-state index contributed by atoms with van der Waals surface area (Å²) in [6, 6.07) is 18.0. The first-order valence-corrected chi connectivity index (χ1v) is 14.5. The highest BCUT2D eigenvalue weighted by molar-refractivity contribution is 7.92. The number of rotatable bonds is 11. The van der Waals surface area contributed by atoms with Gasteiger partial charge in [0.2, 0.25) is 11.8 Å². The Hall–Kier alpha value is -2.78. The molecular weight excluding hydrogens is 569 g/mol. The van der Waals surface area contributed by atoms with Crippen LogP contribution in [-0.4, -0.2) is 44.3 Å². The molecule has 0 fully saturated rings. The second-order valence-electron chi connectivity index (χ2n) is 8.41. The molecule has 202 valence electrons. The molecule has 7 nitrogen and oxygen atoms in total. The lowest BCUT2D eigenvalue weighted by Crippen LogP contribution is -2.52. The number of benzene rings is 3. The zero-order valence-corrected chi connectivity index (χ0v) is 24.0. The first kappa shape index (κ1) is 29.8. The van der Waals surface area contributed by atoms with Gasteiger partial charge in [0.25, 0.3) is 10.0 Å². The number of carbonyl (C=O) groups is 2. The maximum atomic E-state index is 13.9. The zero-order valence-electron chi connectivity index (χ0n) is 20.9. The summed E-state index contributed by atoms with van der Waals surface area (Å²) in [5, 5.41) is 3.97. The van der Waals surface area contributed by atoms with Gasteiger partial charge >= 0.3 is 0 Å². The van der Waals surface area contributed by atoms with Crippen LogP contribution in [0.4, 0.5) is 5.69 Å². The van der Waals surface area contributed by atoms with Crippen LogP contribution in [0.1, 0.15) is 25.8 Å². The smallest absolute Gasteiger partial charge is 0.264 e. The molecule has 0 saturated heterocycles. The fraction of sp³-hybridized carbons (Fsp3) is 0.259. The van der Waals surface area contributed by atoms with Crippen LogP contribution in [0, 0.1) is 0 Å². The molecule has 0 aromatic heterocycles. The average molecular weight is 597 g/mol. The standard InChI is InChI=1S/C27H28Cl3N3O4S/c1-3-25(27(35)31-4-2)32(17-19-8-10-20(28)11-9-19)26(34)18-33(23-7-5-6-22(30)16-23)38(36,37)24-14-12-21(29)13-15-24/h5-16,25H,3-4,17-18H2,1-2H3,(H,31,35)/t25-/m0/s1. The molecule has 3 aromatic carbocycles. The number of amides is 2. The fourth-order valence-corrected chi connectivity index (χ4v) is 5.73. The van der Waals surface area contributed by atoms with E-state index in [0.29, 0.717) is 28.0 Å². The first-order valence-electron chi connectivity index (χ1n) is 11.9. The SMILES string of the molecule is CCNC(=O)[C@H](CC)N(Cc1ccc(Cl)cc1)C(=O)CN(c1cccc(Cl)c1)S(=O)(=O)c1ccc(Cl)cc1. The molecule has 38 heavy (non-hydrogen) atoms. The van der Waals surface area contributed by atoms with Crippen LogP contribution in [0.5, 0.6) is 0 Å². The van der Waals surface area contributed by atoms with Crippen molar-refractivity contribution in [2.75, 3.05) is 17.4 Å². The number of anilines is 1. The van der Waals surface area contributed by atoms with Crippen molar-refractivity contribution in [3.8, 4) is 0 Å². The third-order valence-electron chi connectivity index (χ3n) is 5.78. The molecule has 0 unspecified atom stereocenters. The minimum absolute atomic E-state index is 0.0466. The summed E-state index contributed by atoms with van der Waals surface area (Å²) in [4.78, 5) is 28.2. The van der Waals surface area contributed by atoms with E-state index in [1.54, 1.807) is 56.3 Å². The molecule has 11 heteroatoms. The van der Waals surface area contributed by atoms with E-state index >= 15 is 0 Å². The number of nitrogens with zero attached hydrogens (tertiary/aromatic N) is 2. The number of halogens is 3. The van der Waals surface area contributed by atoms with Crippen molar-refractivity contribution in [1.82, 2.24) is 10.2 Å². The molecule has 0 aliphatic rings. The molecule has 0 aliphatic heterocycles. The maximum absolute atomic E-state index is 13.9. The van der Waals surface area contributed by atoms with Crippen LogP contribution < -0.4 is 9.62 Å². The Labute approximate surface area is 238 Å². The number of carbonyl (C=O) groups excluding carboxylic acids is 2. The summed E-state index contributed by atoms with van der Waals surface area (Å²) in [5.41, 5.74) is 0.943. The molecule has 3 rings (SSSR count). The zero-order chi connectivity index (χ0) is 27.9. The highest BCUT2D eigenvalue weighted by Gasteiger charge is 2.33. The second-order valence-corrected chi connectivity index (χ2v) is 11.6. The molecule has 0 aliphatic carbocycles. The summed E-state index contributed by atoms with van der Waals surface area (Å²) < 4.78 is 28.5. The number of hydrogen-bond acceptors (Lipinski definition) is 4. The van der Waals surface area contributed by atoms with Gasteiger partial charge in [0.1, 0.15) is 12.6 Å². The molecule has 0 heterocycles. The van der Waals surface area contributed by atoms with Crippen LogP contribution >= 0.6 is 34.8 Å². The molecule has 0 saturated carbocycles. The Balaban J connectivity index is 2.05. The van der Waals surface area contributed by atoms with Gasteiger partial charge in [-0.05, 0) is 73.5 Å². The molecule has 0 spiro atoms. The lowest BCUT2D eigenvalue weighted by molar-refractivity contribution is -0.140. The summed E-state index contributed by atoms with van der Waals surface area (Å²) >= 11 is 18.2. The first-order chi connectivity index (χ1) is 18.1. The lowest BCUT2D eigenvalue weighted by Gasteiger charge is -2.33. The molecule has 1 N–H and O–H groups in total. The summed E-state index contributed by atoms with van der Waals surface area (Å²) in [6.07, 6.45) is 0.326. The van der Waals surface area contributed by atoms with E-state index < -0.39 is 28.5 Å². The minimum atomic E-state index is -4.21. The summed E-state index contributed by atoms with van der Waals surface area (Å²) in [5.74, 6) is -0.886. The molecule has 0 radical (unpaired) electrons. The van der Waals surface area contributed by atoms with Gasteiger partial charge in [-0.15, -0.1) is 0 Å². The summed E-state index contributed by atoms with van der Waals surface area (Å²) in [6.45, 7) is 3.49. The van der Waals surface area contributed by atoms with Crippen LogP contribution in [0.2, 0.25) is 15.1 Å². The number of likely N-dealkylation sites (N-methyl/N-ethyl adjacent to an activating group) is 1. The quantitative estimate of drug-likeness (QED) is 0.304. The predicted molar refractivity (Wildman–Crippen MR) is 152 cm³/mol. The Bertz CT molecular complexity index is 1370. The van der Waals surface area contributed by atoms with Crippen LogP contribution in [0.25, 0.3) is 0 Å². The Morgan fingerprint density at radius 3 is 2.03 bits per heavy atom. The van der Waals surface area contributed by atoms with Gasteiger partial charge in [0.15, 0.2) is 0 Å². The molecular formula is C27H28Cl3N3O4S. The Kier molecular flexibility index (Phi) is 10.4. The van der Waals surface area contributed by atoms with Crippen molar-refractivity contribution in [3.05, 3.63) is 93.4 Å². The minimum Gasteiger partial charge on any atom is -0.355 e. The van der Waals surface area contributed by atoms with Crippen molar-refractivity contribution in [1.29, 1.82) is 0 Å². The molecule has 1 atom stereocenters. The largest absolute Gasteiger partial charge is 0.355 e. The van der Waals surface area contributed by atoms with E-state index in [1.165, 1.54) is 35.2 Å². The molecule has 2 amide bonds. The van der Waals surface area contributed by atoms with E-state index in [-0.39, 0.29) is 23.0 Å². The highest BCUT2D eigenvalue weighted by atomic mass is 35.5. The Morgan fingerprint density at radius 2 is 1.47 bits per heavy atom. The average Bonchev–Trinajstić information content (AvgIpc) is 2.88. The van der Waals surface area contributed by atoms with Gasteiger partial charge in [0.05, 0.1) is 10.6 Å². The monoisotopic (exact) mass is 595 g/mol. The number of hydrogen-bond donors (Lipinski definition) is 1. The number of sulfonamides is 1. The number of nitrogens with one attached hydrogen (secondary N) is 1. The van der Waals surface area contributed by atoms with Gasteiger partial charge in [-0.2, -0.15) is 0 Å². The van der Waals surface area contributed by atoms with Gasteiger partial charge in [0, 0.05) is 28.2 Å². The van der Waals surface area contributed by atoms with Crippen LogP contribution in [-0.2, 0) is 26.2 Å². The van der Waals surface area contributed by atoms with Gasteiger partial charge in [-0.25, -0.2) is 8.42 Å². The predicted octanol–water partition coefficient (Wildman–Crippen LogP) is 5.79. The van der Waals surface area contributed by atoms with E-state index in [1.807, 2.05) is 0 Å². The van der Waals surface area contributed by atoms with Crippen LogP contribution in [0.15, 0.2) is 77.7 Å². The van der Waals surface area contributed by atoms with Crippen molar-refractivity contribution in [2.45, 2.75) is 37.8 Å². The Morgan fingerprint density at radius 1 is 0.868 bits per heavy atom. The van der Waals surface area contributed by atoms with E-state index in [0.717, 1.165) is 9.87 Å². The molecule has 0 bridgehead atoms. The van der Waals surface area contributed by atoms with Crippen LogP contribution in [0.3, 0.4) is 0 Å². The van der Waals surface area contributed by atoms with E-state index in [4.69, 9.17) is 34.8 Å². The normalized spacial score (nSPS) is 12.0. The van der Waals surface area contributed by atoms with E-state index in [2.05, 4.69) is 5.32 Å². The van der Waals surface area contributed by atoms with E-state index in [9.17, 15) is 18.0 Å². The van der Waals surface area contributed by atoms with Gasteiger partial charge < -0.3 is 10.2 Å². The third-order valence-corrected chi connectivity index (χ3v) is 8.31. The second kappa shape index (κ2) is 13.3. The highest BCUT2D eigenvalue weighted by Crippen LogP contribution is 2.27. The van der Waals surface area contributed by atoms with Crippen molar-refractivity contribution >= 4 is 62.3 Å². The van der Waals surface area contributed by atoms with Crippen molar-refractivity contribution < 1.29 is 18.0 Å². The lowest BCUT2D eigenvalue weighted by atomic mass is 10.1. The maximum Gasteiger partial charge on any atom is 0.264 e. The fourth-order valence-electron chi connectivity index (χ4n) is 3.89. The summed E-state index contributed by atoms with van der Waals surface area (Å²) in [7, 11) is -4.21. The van der Waals surface area contributed by atoms with Crippen molar-refractivity contribution in [2.24, 2.45) is 0 Å². The third kappa shape index (κ3) is 7.41. The molecule has 3 aromatic rings. The topological polar surface area (TPSA) is 86.8 Å².